The predicted octanol–water partition coefficient (Wildman–Crippen LogP) is 1.30. The third kappa shape index (κ3) is 2.31. The molecular formula is C10H8F2N4O2. The van der Waals surface area contributed by atoms with Crippen molar-refractivity contribution in [1.82, 2.24) is 20.0 Å². The topological polar surface area (TPSA) is 80.9 Å². The van der Waals surface area contributed by atoms with Crippen molar-refractivity contribution in [2.45, 2.75) is 13.0 Å². The van der Waals surface area contributed by atoms with Crippen LogP contribution in [0.4, 0.5) is 8.78 Å². The van der Waals surface area contributed by atoms with Gasteiger partial charge in [0, 0.05) is 18.0 Å². The van der Waals surface area contributed by atoms with Crippen LogP contribution in [0.15, 0.2) is 24.5 Å². The molecule has 0 bridgehead atoms. The predicted molar refractivity (Wildman–Crippen MR) is 56.2 cm³/mol. The molecule has 0 radical (unpaired) electrons. The van der Waals surface area contributed by atoms with Gasteiger partial charge in [-0.2, -0.15) is 0 Å². The van der Waals surface area contributed by atoms with E-state index in [0.29, 0.717) is 5.56 Å². The number of hydrogen-bond acceptors (Lipinski definition) is 4. The van der Waals surface area contributed by atoms with E-state index in [1.54, 1.807) is 0 Å². The fourth-order valence-corrected chi connectivity index (χ4v) is 1.51. The number of carboxylic acid groups (broad SMARTS) is 1. The van der Waals surface area contributed by atoms with E-state index >= 15 is 0 Å². The summed E-state index contributed by atoms with van der Waals surface area (Å²) < 4.78 is 25.6. The maximum Gasteiger partial charge on any atom is 0.358 e. The first-order valence-corrected chi connectivity index (χ1v) is 4.95. The van der Waals surface area contributed by atoms with Gasteiger partial charge in [-0.05, 0) is 12.1 Å². The fraction of sp³-hybridized carbons (Fsp3) is 0.200. The van der Waals surface area contributed by atoms with Crippen LogP contribution in [0.25, 0.3) is 11.3 Å². The molecule has 0 aliphatic heterocycles. The van der Waals surface area contributed by atoms with Crippen LogP contribution in [0.1, 0.15) is 10.5 Å². The first kappa shape index (κ1) is 12.1. The zero-order chi connectivity index (χ0) is 13.1. The average Bonchev–Trinajstić information content (AvgIpc) is 2.73. The molecule has 0 aliphatic rings. The molecule has 94 valence electrons. The van der Waals surface area contributed by atoms with E-state index in [4.69, 9.17) is 5.11 Å². The number of rotatable bonds is 4. The molecule has 0 fully saturated rings. The maximum absolute atomic E-state index is 12.4. The lowest BCUT2D eigenvalue weighted by Crippen LogP contribution is -2.10. The van der Waals surface area contributed by atoms with Gasteiger partial charge < -0.3 is 5.11 Å². The molecule has 0 spiro atoms. The highest BCUT2D eigenvalue weighted by molar-refractivity contribution is 5.92. The van der Waals surface area contributed by atoms with E-state index in [9.17, 15) is 13.6 Å². The maximum atomic E-state index is 12.4. The molecule has 0 saturated carbocycles. The summed E-state index contributed by atoms with van der Waals surface area (Å²) in [6.07, 6.45) is 0.218. The minimum Gasteiger partial charge on any atom is -0.476 e. The molecule has 6 nitrogen and oxygen atoms in total. The molecule has 2 heterocycles. The van der Waals surface area contributed by atoms with E-state index in [2.05, 4.69) is 15.3 Å². The van der Waals surface area contributed by atoms with Gasteiger partial charge in [-0.15, -0.1) is 5.10 Å². The lowest BCUT2D eigenvalue weighted by molar-refractivity contribution is 0.0691. The molecule has 0 aliphatic carbocycles. The lowest BCUT2D eigenvalue weighted by atomic mass is 10.1. The number of alkyl halides is 2. The summed E-state index contributed by atoms with van der Waals surface area (Å²) in [7, 11) is 0. The number of halogens is 2. The van der Waals surface area contributed by atoms with Crippen LogP contribution >= 0.6 is 0 Å². The van der Waals surface area contributed by atoms with Gasteiger partial charge in [0.1, 0.15) is 12.2 Å². The van der Waals surface area contributed by atoms with Gasteiger partial charge in [-0.3, -0.25) is 4.98 Å². The smallest absolute Gasteiger partial charge is 0.358 e. The SMILES string of the molecule is O=C(O)c1nnn(CC(F)F)c1-c1ccncc1. The Morgan fingerprint density at radius 1 is 1.39 bits per heavy atom. The fourth-order valence-electron chi connectivity index (χ4n) is 1.51. The Balaban J connectivity index is 2.54. The Morgan fingerprint density at radius 3 is 2.61 bits per heavy atom. The number of aromatic carboxylic acids is 1. The van der Waals surface area contributed by atoms with Gasteiger partial charge in [-0.1, -0.05) is 5.21 Å². The van der Waals surface area contributed by atoms with E-state index in [1.165, 1.54) is 24.5 Å². The van der Waals surface area contributed by atoms with Crippen molar-refractivity contribution in [3.8, 4) is 11.3 Å². The minimum atomic E-state index is -2.64. The zero-order valence-electron chi connectivity index (χ0n) is 8.99. The van der Waals surface area contributed by atoms with Crippen LogP contribution in [0.5, 0.6) is 0 Å². The summed E-state index contributed by atoms with van der Waals surface area (Å²) in [5.41, 5.74) is 0.111. The molecule has 0 atom stereocenters. The highest BCUT2D eigenvalue weighted by Gasteiger charge is 2.22. The van der Waals surface area contributed by atoms with Crippen LogP contribution in [0, 0.1) is 0 Å². The minimum absolute atomic E-state index is 0.0465. The van der Waals surface area contributed by atoms with Crippen molar-refractivity contribution in [3.05, 3.63) is 30.2 Å². The van der Waals surface area contributed by atoms with E-state index in [0.717, 1.165) is 4.68 Å². The Bertz CT molecular complexity index is 556. The van der Waals surface area contributed by atoms with Crippen molar-refractivity contribution in [2.24, 2.45) is 0 Å². The molecule has 0 amide bonds. The quantitative estimate of drug-likeness (QED) is 0.889. The second-order valence-corrected chi connectivity index (χ2v) is 3.40. The third-order valence-corrected chi connectivity index (χ3v) is 2.20. The van der Waals surface area contributed by atoms with E-state index in [-0.39, 0.29) is 11.4 Å². The molecule has 18 heavy (non-hydrogen) atoms. The normalized spacial score (nSPS) is 10.8. The Labute approximate surface area is 99.9 Å². The summed E-state index contributed by atoms with van der Waals surface area (Å²) in [5, 5.41) is 15.8. The molecule has 2 rings (SSSR count). The van der Waals surface area contributed by atoms with Crippen molar-refractivity contribution in [3.63, 3.8) is 0 Å². The summed E-state index contributed by atoms with van der Waals surface area (Å²) in [5.74, 6) is -1.32. The Kier molecular flexibility index (Phi) is 3.26. The standard InChI is InChI=1S/C10H8F2N4O2/c11-7(12)5-16-9(6-1-3-13-4-2-6)8(10(17)18)14-15-16/h1-4,7H,5H2,(H,17,18). The molecule has 0 aromatic carbocycles. The second-order valence-electron chi connectivity index (χ2n) is 3.40. The molecule has 0 saturated heterocycles. The Hall–Kier alpha value is -2.38. The first-order chi connectivity index (χ1) is 8.59. The summed E-state index contributed by atoms with van der Waals surface area (Å²) in [4.78, 5) is 14.7. The van der Waals surface area contributed by atoms with Crippen molar-refractivity contribution in [1.29, 1.82) is 0 Å². The van der Waals surface area contributed by atoms with Gasteiger partial charge in [0.05, 0.1) is 0 Å². The first-order valence-electron chi connectivity index (χ1n) is 4.95. The van der Waals surface area contributed by atoms with Gasteiger partial charge in [0.15, 0.2) is 5.69 Å². The number of hydrogen-bond donors (Lipinski definition) is 1. The van der Waals surface area contributed by atoms with Gasteiger partial charge in [-0.25, -0.2) is 18.3 Å². The zero-order valence-corrected chi connectivity index (χ0v) is 8.99. The van der Waals surface area contributed by atoms with Gasteiger partial charge in [0.25, 0.3) is 6.43 Å². The monoisotopic (exact) mass is 254 g/mol. The number of nitrogens with zero attached hydrogens (tertiary/aromatic N) is 4. The Morgan fingerprint density at radius 2 is 2.06 bits per heavy atom. The lowest BCUT2D eigenvalue weighted by Gasteiger charge is -2.06. The number of carbonyl (C=O) groups is 1. The molecule has 0 unspecified atom stereocenters. The molecular weight excluding hydrogens is 246 g/mol. The summed E-state index contributed by atoms with van der Waals surface area (Å²) in [6.45, 7) is -0.710. The highest BCUT2D eigenvalue weighted by atomic mass is 19.3. The second kappa shape index (κ2) is 4.86. The molecule has 8 heteroatoms. The largest absolute Gasteiger partial charge is 0.476 e. The summed E-state index contributed by atoms with van der Waals surface area (Å²) in [6, 6.07) is 3.01. The van der Waals surface area contributed by atoms with E-state index < -0.39 is 18.9 Å². The molecule has 1 N–H and O–H groups in total. The van der Waals surface area contributed by atoms with Gasteiger partial charge in [0.2, 0.25) is 0 Å². The van der Waals surface area contributed by atoms with Crippen molar-refractivity contribution >= 4 is 5.97 Å². The molecule has 2 aromatic heterocycles. The number of aromatic nitrogens is 4. The van der Waals surface area contributed by atoms with E-state index in [1.807, 2.05) is 0 Å². The summed E-state index contributed by atoms with van der Waals surface area (Å²) >= 11 is 0. The third-order valence-electron chi connectivity index (χ3n) is 2.20. The van der Waals surface area contributed by atoms with Crippen LogP contribution in [-0.2, 0) is 6.54 Å². The number of pyridine rings is 1. The van der Waals surface area contributed by atoms with Crippen LogP contribution in [0.3, 0.4) is 0 Å². The average molecular weight is 254 g/mol. The van der Waals surface area contributed by atoms with Crippen LogP contribution < -0.4 is 0 Å². The van der Waals surface area contributed by atoms with Crippen LogP contribution in [0.2, 0.25) is 0 Å². The number of carboxylic acids is 1. The van der Waals surface area contributed by atoms with Crippen LogP contribution in [-0.4, -0.2) is 37.5 Å². The van der Waals surface area contributed by atoms with Crippen molar-refractivity contribution < 1.29 is 18.7 Å². The van der Waals surface area contributed by atoms with Crippen molar-refractivity contribution in [2.75, 3.05) is 0 Å². The van der Waals surface area contributed by atoms with Gasteiger partial charge >= 0.3 is 5.97 Å². The highest BCUT2D eigenvalue weighted by Crippen LogP contribution is 2.22. The molecule has 2 aromatic rings.